The molecule has 1 saturated heterocycles. The Labute approximate surface area is 169 Å². The number of benzene rings is 2. The molecule has 0 bridgehead atoms. The number of nitrogens with one attached hydrogen (secondary N) is 3. The molecule has 2 heterocycles. The molecule has 29 heavy (non-hydrogen) atoms. The van der Waals surface area contributed by atoms with Crippen LogP contribution in [0.3, 0.4) is 0 Å². The van der Waals surface area contributed by atoms with E-state index in [1.807, 2.05) is 49.4 Å². The fourth-order valence-electron chi connectivity index (χ4n) is 3.68. The Bertz CT molecular complexity index is 978. The van der Waals surface area contributed by atoms with Crippen LogP contribution in [0.25, 0.3) is 0 Å². The molecule has 3 atom stereocenters. The molecule has 0 aliphatic carbocycles. The lowest BCUT2D eigenvalue weighted by atomic mass is 9.92. The fourth-order valence-corrected chi connectivity index (χ4v) is 3.68. The van der Waals surface area contributed by atoms with Crippen LogP contribution in [0.2, 0.25) is 0 Å². The topological polar surface area (TPSA) is 66.1 Å². The number of aryl methyl sites for hydroxylation is 1. The summed E-state index contributed by atoms with van der Waals surface area (Å²) in [5.74, 6) is -0.782. The summed E-state index contributed by atoms with van der Waals surface area (Å²) in [5, 5.41) is 3.18. The molecule has 1 aliphatic heterocycles. The zero-order chi connectivity index (χ0) is 20.2. The number of carbonyl (C=O) groups excluding carboxylic acids is 1. The standard InChI is InChI=1S/C23H23FN4O/c1-15-5-7-16(8-6-15)21(17-9-11-25-12-10-17)27-23(29)20-14-26-28-22(20)18-3-2-4-19(24)13-18/h2-13,20-22,26,28H,14H2,1H3,(H,27,29). The van der Waals surface area contributed by atoms with Crippen molar-refractivity contribution >= 4 is 5.91 Å². The van der Waals surface area contributed by atoms with E-state index in [2.05, 4.69) is 21.2 Å². The van der Waals surface area contributed by atoms with Crippen molar-refractivity contribution in [3.8, 4) is 0 Å². The summed E-state index contributed by atoms with van der Waals surface area (Å²) >= 11 is 0. The first-order valence-corrected chi connectivity index (χ1v) is 9.62. The van der Waals surface area contributed by atoms with Crippen LogP contribution in [0.1, 0.15) is 34.3 Å². The number of halogens is 1. The molecule has 3 unspecified atom stereocenters. The third-order valence-corrected chi connectivity index (χ3v) is 5.26. The zero-order valence-electron chi connectivity index (χ0n) is 16.1. The van der Waals surface area contributed by atoms with Crippen LogP contribution in [-0.4, -0.2) is 17.4 Å². The Kier molecular flexibility index (Phi) is 5.64. The SMILES string of the molecule is Cc1ccc(C(NC(=O)C2CNNC2c2cccc(F)c2)c2ccncc2)cc1. The number of amides is 1. The number of pyridine rings is 1. The number of hydrogen-bond donors (Lipinski definition) is 3. The van der Waals surface area contributed by atoms with Gasteiger partial charge in [0.1, 0.15) is 5.82 Å². The average Bonchev–Trinajstić information content (AvgIpc) is 3.23. The van der Waals surface area contributed by atoms with Gasteiger partial charge in [-0.25, -0.2) is 9.82 Å². The van der Waals surface area contributed by atoms with Crippen molar-refractivity contribution in [1.82, 2.24) is 21.2 Å². The summed E-state index contributed by atoms with van der Waals surface area (Å²) in [5.41, 5.74) is 9.99. The molecule has 5 nitrogen and oxygen atoms in total. The second-order valence-corrected chi connectivity index (χ2v) is 7.30. The number of hydrazine groups is 1. The van der Waals surface area contributed by atoms with Gasteiger partial charge in [-0.1, -0.05) is 42.0 Å². The van der Waals surface area contributed by atoms with E-state index in [1.165, 1.54) is 12.1 Å². The number of rotatable bonds is 5. The monoisotopic (exact) mass is 390 g/mol. The van der Waals surface area contributed by atoms with Crippen LogP contribution in [0.4, 0.5) is 4.39 Å². The highest BCUT2D eigenvalue weighted by atomic mass is 19.1. The van der Waals surface area contributed by atoms with Gasteiger partial charge in [-0.2, -0.15) is 0 Å². The molecule has 0 radical (unpaired) electrons. The smallest absolute Gasteiger partial charge is 0.227 e. The maximum atomic E-state index is 13.7. The lowest BCUT2D eigenvalue weighted by Gasteiger charge is -2.24. The van der Waals surface area contributed by atoms with Crippen LogP contribution in [0.5, 0.6) is 0 Å². The minimum atomic E-state index is -0.369. The highest BCUT2D eigenvalue weighted by molar-refractivity contribution is 5.81. The van der Waals surface area contributed by atoms with Crippen molar-refractivity contribution in [2.24, 2.45) is 5.92 Å². The molecule has 6 heteroatoms. The van der Waals surface area contributed by atoms with Crippen LogP contribution in [0.15, 0.2) is 73.1 Å². The van der Waals surface area contributed by atoms with Gasteiger partial charge < -0.3 is 5.32 Å². The quantitative estimate of drug-likeness (QED) is 0.626. The van der Waals surface area contributed by atoms with Gasteiger partial charge >= 0.3 is 0 Å². The van der Waals surface area contributed by atoms with E-state index in [-0.39, 0.29) is 29.7 Å². The molecule has 1 aromatic heterocycles. The third-order valence-electron chi connectivity index (χ3n) is 5.26. The van der Waals surface area contributed by atoms with Crippen molar-refractivity contribution in [3.63, 3.8) is 0 Å². The van der Waals surface area contributed by atoms with Crippen molar-refractivity contribution in [2.45, 2.75) is 19.0 Å². The summed E-state index contributed by atoms with van der Waals surface area (Å²) < 4.78 is 13.7. The molecule has 3 N–H and O–H groups in total. The average molecular weight is 390 g/mol. The third kappa shape index (κ3) is 4.34. The molecular weight excluding hydrogens is 367 g/mol. The Hall–Kier alpha value is -3.09. The summed E-state index contributed by atoms with van der Waals surface area (Å²) in [6, 6.07) is 17.7. The summed E-state index contributed by atoms with van der Waals surface area (Å²) in [6.45, 7) is 2.49. The number of carbonyl (C=O) groups is 1. The highest BCUT2D eigenvalue weighted by Crippen LogP contribution is 2.28. The predicted octanol–water partition coefficient (Wildman–Crippen LogP) is 3.20. The first-order valence-electron chi connectivity index (χ1n) is 9.62. The number of hydrogen-bond acceptors (Lipinski definition) is 4. The molecule has 0 saturated carbocycles. The van der Waals surface area contributed by atoms with E-state index in [0.29, 0.717) is 6.54 Å². The van der Waals surface area contributed by atoms with Crippen molar-refractivity contribution < 1.29 is 9.18 Å². The zero-order valence-corrected chi connectivity index (χ0v) is 16.1. The normalized spacial score (nSPS) is 19.7. The van der Waals surface area contributed by atoms with Gasteiger partial charge in [0, 0.05) is 18.9 Å². The molecule has 1 aliphatic rings. The Morgan fingerprint density at radius 1 is 1.10 bits per heavy atom. The molecule has 3 aromatic rings. The van der Waals surface area contributed by atoms with Gasteiger partial charge in [0.15, 0.2) is 0 Å². The second kappa shape index (κ2) is 8.51. The molecule has 148 valence electrons. The van der Waals surface area contributed by atoms with Crippen molar-refractivity contribution in [1.29, 1.82) is 0 Å². The maximum absolute atomic E-state index is 13.7. The van der Waals surface area contributed by atoms with Gasteiger partial charge in [-0.05, 0) is 47.9 Å². The second-order valence-electron chi connectivity index (χ2n) is 7.30. The van der Waals surface area contributed by atoms with E-state index in [0.717, 1.165) is 22.3 Å². The van der Waals surface area contributed by atoms with Crippen molar-refractivity contribution in [2.75, 3.05) is 6.54 Å². The number of nitrogens with zero attached hydrogens (tertiary/aromatic N) is 1. The Morgan fingerprint density at radius 3 is 2.55 bits per heavy atom. The molecule has 0 spiro atoms. The van der Waals surface area contributed by atoms with E-state index in [4.69, 9.17) is 0 Å². The minimum absolute atomic E-state index is 0.0980. The van der Waals surface area contributed by atoms with Gasteiger partial charge in [0.05, 0.1) is 18.0 Å². The first kappa shape index (κ1) is 19.2. The summed E-state index contributed by atoms with van der Waals surface area (Å²) in [7, 11) is 0. The lowest BCUT2D eigenvalue weighted by Crippen LogP contribution is -2.37. The largest absolute Gasteiger partial charge is 0.345 e. The fraction of sp³-hybridized carbons (Fsp3) is 0.217. The van der Waals surface area contributed by atoms with E-state index in [1.54, 1.807) is 18.5 Å². The molecular formula is C23H23FN4O. The lowest BCUT2D eigenvalue weighted by molar-refractivity contribution is -0.125. The van der Waals surface area contributed by atoms with Gasteiger partial charge in [-0.3, -0.25) is 15.2 Å². The van der Waals surface area contributed by atoms with E-state index in [9.17, 15) is 9.18 Å². The predicted molar refractivity (Wildman–Crippen MR) is 109 cm³/mol. The van der Waals surface area contributed by atoms with Gasteiger partial charge in [0.25, 0.3) is 0 Å². The molecule has 2 aromatic carbocycles. The number of aromatic nitrogens is 1. The highest BCUT2D eigenvalue weighted by Gasteiger charge is 2.35. The Balaban J connectivity index is 1.60. The van der Waals surface area contributed by atoms with Gasteiger partial charge in [0.2, 0.25) is 5.91 Å². The molecule has 1 fully saturated rings. The first-order chi connectivity index (χ1) is 14.1. The van der Waals surface area contributed by atoms with E-state index >= 15 is 0 Å². The molecule has 1 amide bonds. The van der Waals surface area contributed by atoms with Crippen molar-refractivity contribution in [3.05, 3.63) is 101 Å². The Morgan fingerprint density at radius 2 is 1.83 bits per heavy atom. The van der Waals surface area contributed by atoms with Crippen LogP contribution >= 0.6 is 0 Å². The van der Waals surface area contributed by atoms with Crippen LogP contribution < -0.4 is 16.2 Å². The molecule has 4 rings (SSSR count). The van der Waals surface area contributed by atoms with Crippen LogP contribution in [0, 0.1) is 18.7 Å². The summed E-state index contributed by atoms with van der Waals surface area (Å²) in [6.07, 6.45) is 3.44. The maximum Gasteiger partial charge on any atom is 0.227 e. The van der Waals surface area contributed by atoms with Gasteiger partial charge in [-0.15, -0.1) is 0 Å². The van der Waals surface area contributed by atoms with Crippen LogP contribution in [-0.2, 0) is 4.79 Å². The van der Waals surface area contributed by atoms with E-state index < -0.39 is 0 Å². The summed E-state index contributed by atoms with van der Waals surface area (Å²) in [4.78, 5) is 17.3. The minimum Gasteiger partial charge on any atom is -0.345 e.